The van der Waals surface area contributed by atoms with Crippen LogP contribution in [0.1, 0.15) is 50.1 Å². The highest BCUT2D eigenvalue weighted by molar-refractivity contribution is 5.81. The van der Waals surface area contributed by atoms with E-state index in [1.165, 1.54) is 5.56 Å². The Hall–Kier alpha value is -3.16. The third-order valence-corrected chi connectivity index (χ3v) is 5.25. The van der Waals surface area contributed by atoms with Crippen molar-refractivity contribution in [3.05, 3.63) is 47.5 Å². The Balaban J connectivity index is 1.44. The summed E-state index contributed by atoms with van der Waals surface area (Å²) < 4.78 is 7.48. The minimum absolute atomic E-state index is 0.231. The standard InChI is InChI=1S/C22H28N6O2/c1-14-25-19(23)18-20(26-14)28(13-24-18)11-15-5-7-16(8-6-15)17-9-10-27(12-17)21(29)30-22(2,3)4/h5-8,13,17H,9-12H2,1-4H3,(H2,23,25,26). The van der Waals surface area contributed by atoms with Gasteiger partial charge in [0, 0.05) is 19.0 Å². The molecule has 3 aromatic rings. The lowest BCUT2D eigenvalue weighted by molar-refractivity contribution is 0.0292. The number of rotatable bonds is 3. The Morgan fingerprint density at radius 3 is 2.67 bits per heavy atom. The van der Waals surface area contributed by atoms with E-state index < -0.39 is 5.60 Å². The van der Waals surface area contributed by atoms with Gasteiger partial charge in [0.1, 0.15) is 16.9 Å². The molecule has 1 unspecified atom stereocenters. The Morgan fingerprint density at radius 1 is 1.23 bits per heavy atom. The van der Waals surface area contributed by atoms with Gasteiger partial charge in [-0.1, -0.05) is 24.3 Å². The van der Waals surface area contributed by atoms with E-state index in [-0.39, 0.29) is 6.09 Å². The van der Waals surface area contributed by atoms with Crippen LogP contribution in [0.5, 0.6) is 0 Å². The van der Waals surface area contributed by atoms with E-state index in [1.54, 1.807) is 11.2 Å². The summed E-state index contributed by atoms with van der Waals surface area (Å²) in [7, 11) is 0. The molecule has 1 atom stereocenters. The summed E-state index contributed by atoms with van der Waals surface area (Å²) in [6.45, 7) is 9.57. The normalized spacial score (nSPS) is 16.9. The monoisotopic (exact) mass is 408 g/mol. The summed E-state index contributed by atoms with van der Waals surface area (Å²) in [5.74, 6) is 1.37. The molecule has 1 amide bonds. The molecule has 2 N–H and O–H groups in total. The van der Waals surface area contributed by atoms with Crippen LogP contribution in [0.4, 0.5) is 10.6 Å². The number of benzene rings is 1. The zero-order valence-corrected chi connectivity index (χ0v) is 17.9. The summed E-state index contributed by atoms with van der Waals surface area (Å²) in [4.78, 5) is 27.1. The Labute approximate surface area is 176 Å². The second kappa shape index (κ2) is 7.59. The number of likely N-dealkylation sites (tertiary alicyclic amines) is 1. The minimum Gasteiger partial charge on any atom is -0.444 e. The zero-order chi connectivity index (χ0) is 21.5. The van der Waals surface area contributed by atoms with Gasteiger partial charge in [0.2, 0.25) is 0 Å². The van der Waals surface area contributed by atoms with Gasteiger partial charge in [-0.05, 0) is 45.2 Å². The Morgan fingerprint density at radius 2 is 1.97 bits per heavy atom. The molecule has 1 saturated heterocycles. The number of hydrogen-bond donors (Lipinski definition) is 1. The first-order valence-corrected chi connectivity index (χ1v) is 10.2. The molecular formula is C22H28N6O2. The van der Waals surface area contributed by atoms with E-state index in [9.17, 15) is 4.79 Å². The average Bonchev–Trinajstić information content (AvgIpc) is 3.29. The molecule has 2 aromatic heterocycles. The number of carbonyl (C=O) groups is 1. The molecule has 30 heavy (non-hydrogen) atoms. The number of imidazole rings is 1. The van der Waals surface area contributed by atoms with Crippen LogP contribution in [0.25, 0.3) is 11.2 Å². The van der Waals surface area contributed by atoms with E-state index in [0.717, 1.165) is 24.2 Å². The highest BCUT2D eigenvalue weighted by Gasteiger charge is 2.30. The van der Waals surface area contributed by atoms with E-state index in [0.29, 0.717) is 36.2 Å². The van der Waals surface area contributed by atoms with Crippen molar-refractivity contribution in [2.24, 2.45) is 0 Å². The lowest BCUT2D eigenvalue weighted by Crippen LogP contribution is -2.35. The minimum atomic E-state index is -0.470. The van der Waals surface area contributed by atoms with E-state index in [2.05, 4.69) is 39.2 Å². The lowest BCUT2D eigenvalue weighted by Gasteiger charge is -2.24. The van der Waals surface area contributed by atoms with Gasteiger partial charge in [-0.2, -0.15) is 0 Å². The predicted octanol–water partition coefficient (Wildman–Crippen LogP) is 3.49. The van der Waals surface area contributed by atoms with Crippen LogP contribution in [0, 0.1) is 6.92 Å². The molecular weight excluding hydrogens is 380 g/mol. The van der Waals surface area contributed by atoms with Crippen molar-refractivity contribution in [2.45, 2.75) is 52.2 Å². The highest BCUT2D eigenvalue weighted by Crippen LogP contribution is 2.29. The molecule has 1 aliphatic heterocycles. The number of amides is 1. The number of nitrogen functional groups attached to an aromatic ring is 1. The van der Waals surface area contributed by atoms with Gasteiger partial charge in [-0.25, -0.2) is 19.7 Å². The molecule has 1 aliphatic rings. The maximum atomic E-state index is 12.3. The third kappa shape index (κ3) is 4.22. The fourth-order valence-corrected chi connectivity index (χ4v) is 3.81. The fraction of sp³-hybridized carbons (Fsp3) is 0.455. The van der Waals surface area contributed by atoms with Crippen LogP contribution in [-0.4, -0.2) is 49.2 Å². The van der Waals surface area contributed by atoms with Crippen molar-refractivity contribution < 1.29 is 9.53 Å². The summed E-state index contributed by atoms with van der Waals surface area (Å²) in [6, 6.07) is 8.53. The molecule has 8 heteroatoms. The van der Waals surface area contributed by atoms with Crippen molar-refractivity contribution in [3.8, 4) is 0 Å². The zero-order valence-electron chi connectivity index (χ0n) is 17.9. The quantitative estimate of drug-likeness (QED) is 0.712. The third-order valence-electron chi connectivity index (χ3n) is 5.25. The van der Waals surface area contributed by atoms with Gasteiger partial charge in [0.25, 0.3) is 0 Å². The molecule has 0 spiro atoms. The number of ether oxygens (including phenoxy) is 1. The maximum Gasteiger partial charge on any atom is 0.410 e. The van der Waals surface area contributed by atoms with Crippen LogP contribution < -0.4 is 5.73 Å². The van der Waals surface area contributed by atoms with Crippen LogP contribution in [-0.2, 0) is 11.3 Å². The number of hydrogen-bond acceptors (Lipinski definition) is 6. The summed E-state index contributed by atoms with van der Waals surface area (Å²) in [6.07, 6.45) is 2.46. The average molecular weight is 409 g/mol. The first-order chi connectivity index (χ1) is 14.2. The molecule has 1 fully saturated rings. The molecule has 0 bridgehead atoms. The smallest absolute Gasteiger partial charge is 0.410 e. The first kappa shape index (κ1) is 20.1. The molecule has 4 rings (SSSR count). The van der Waals surface area contributed by atoms with Crippen LogP contribution in [0.15, 0.2) is 30.6 Å². The first-order valence-electron chi connectivity index (χ1n) is 10.2. The van der Waals surface area contributed by atoms with Crippen LogP contribution in [0.2, 0.25) is 0 Å². The van der Waals surface area contributed by atoms with E-state index >= 15 is 0 Å². The second-order valence-electron chi connectivity index (χ2n) is 8.85. The summed E-state index contributed by atoms with van der Waals surface area (Å²) >= 11 is 0. The number of aryl methyl sites for hydroxylation is 1. The van der Waals surface area contributed by atoms with Crippen molar-refractivity contribution in [1.29, 1.82) is 0 Å². The Bertz CT molecular complexity index is 1070. The lowest BCUT2D eigenvalue weighted by atomic mass is 9.97. The Kier molecular flexibility index (Phi) is 5.09. The van der Waals surface area contributed by atoms with Gasteiger partial charge >= 0.3 is 6.09 Å². The van der Waals surface area contributed by atoms with E-state index in [4.69, 9.17) is 10.5 Å². The molecule has 158 valence electrons. The number of nitrogens with zero attached hydrogens (tertiary/aromatic N) is 5. The number of anilines is 1. The van der Waals surface area contributed by atoms with Crippen molar-refractivity contribution in [2.75, 3.05) is 18.8 Å². The molecule has 0 aliphatic carbocycles. The van der Waals surface area contributed by atoms with Crippen LogP contribution >= 0.6 is 0 Å². The number of aromatic nitrogens is 4. The fourth-order valence-electron chi connectivity index (χ4n) is 3.81. The molecule has 8 nitrogen and oxygen atoms in total. The maximum absolute atomic E-state index is 12.3. The van der Waals surface area contributed by atoms with Gasteiger partial charge < -0.3 is 19.9 Å². The van der Waals surface area contributed by atoms with Gasteiger partial charge in [-0.15, -0.1) is 0 Å². The highest BCUT2D eigenvalue weighted by atomic mass is 16.6. The van der Waals surface area contributed by atoms with Crippen LogP contribution in [0.3, 0.4) is 0 Å². The molecule has 1 aromatic carbocycles. The SMILES string of the molecule is Cc1nc(N)c2ncn(Cc3ccc(C4CCN(C(=O)OC(C)(C)C)C4)cc3)c2n1. The van der Waals surface area contributed by atoms with E-state index in [1.807, 2.05) is 32.3 Å². The molecule has 0 saturated carbocycles. The predicted molar refractivity (Wildman–Crippen MR) is 115 cm³/mol. The summed E-state index contributed by atoms with van der Waals surface area (Å²) in [5.41, 5.74) is 9.25. The van der Waals surface area contributed by atoms with Gasteiger partial charge in [0.05, 0.1) is 12.9 Å². The van der Waals surface area contributed by atoms with Gasteiger partial charge in [-0.3, -0.25) is 0 Å². The number of fused-ring (bicyclic) bond motifs is 1. The van der Waals surface area contributed by atoms with Crippen molar-refractivity contribution in [1.82, 2.24) is 24.4 Å². The second-order valence-corrected chi connectivity index (χ2v) is 8.85. The summed E-state index contributed by atoms with van der Waals surface area (Å²) in [5, 5.41) is 0. The van der Waals surface area contributed by atoms with Crippen molar-refractivity contribution in [3.63, 3.8) is 0 Å². The van der Waals surface area contributed by atoms with Gasteiger partial charge in [0.15, 0.2) is 11.5 Å². The number of nitrogens with two attached hydrogens (primary N) is 1. The number of carbonyl (C=O) groups excluding carboxylic acids is 1. The van der Waals surface area contributed by atoms with Crippen molar-refractivity contribution >= 4 is 23.1 Å². The molecule has 0 radical (unpaired) electrons. The molecule has 3 heterocycles. The largest absolute Gasteiger partial charge is 0.444 e. The topological polar surface area (TPSA) is 99.2 Å².